The molecule has 0 atom stereocenters. The molecule has 1 aromatic heterocycles. The van der Waals surface area contributed by atoms with Crippen LogP contribution in [0.15, 0.2) is 18.5 Å². The van der Waals surface area contributed by atoms with Crippen molar-refractivity contribution in [3.63, 3.8) is 0 Å². The zero-order valence-corrected chi connectivity index (χ0v) is 10.5. The third-order valence-electron chi connectivity index (χ3n) is 3.04. The first-order chi connectivity index (χ1) is 8.90. The number of nitrogens with zero attached hydrogens (tertiary/aromatic N) is 4. The Labute approximate surface area is 108 Å². The molecule has 2 heterocycles. The first-order valence-corrected chi connectivity index (χ1v) is 6.28. The molecule has 18 heavy (non-hydrogen) atoms. The molecule has 0 bridgehead atoms. The zero-order valence-electron chi connectivity index (χ0n) is 10.5. The highest BCUT2D eigenvalue weighted by atomic mass is 15.3. The summed E-state index contributed by atoms with van der Waals surface area (Å²) >= 11 is 0. The van der Waals surface area contributed by atoms with Gasteiger partial charge in [0, 0.05) is 51.7 Å². The number of piperazine rings is 1. The lowest BCUT2D eigenvalue weighted by Crippen LogP contribution is -2.48. The standard InChI is InChI=1S/C13H19N5/c1-2-4-14-7-8-17-9-11-18(12-10-17)13-15-5-3-6-16-13/h1,3,5-6,14H,4,7-12H2. The van der Waals surface area contributed by atoms with Gasteiger partial charge in [-0.05, 0) is 6.07 Å². The average molecular weight is 245 g/mol. The lowest BCUT2D eigenvalue weighted by atomic mass is 10.3. The van der Waals surface area contributed by atoms with Crippen LogP contribution in [0.1, 0.15) is 0 Å². The summed E-state index contributed by atoms with van der Waals surface area (Å²) in [5, 5.41) is 3.21. The molecule has 2 rings (SSSR count). The Morgan fingerprint density at radius 3 is 2.61 bits per heavy atom. The van der Waals surface area contributed by atoms with Crippen molar-refractivity contribution < 1.29 is 0 Å². The highest BCUT2D eigenvalue weighted by molar-refractivity contribution is 5.29. The molecule has 0 saturated carbocycles. The van der Waals surface area contributed by atoms with Crippen molar-refractivity contribution in [2.45, 2.75) is 0 Å². The van der Waals surface area contributed by atoms with Gasteiger partial charge in [-0.1, -0.05) is 5.92 Å². The van der Waals surface area contributed by atoms with Crippen molar-refractivity contribution in [2.24, 2.45) is 0 Å². The smallest absolute Gasteiger partial charge is 0.225 e. The molecule has 96 valence electrons. The molecule has 1 saturated heterocycles. The van der Waals surface area contributed by atoms with E-state index in [0.29, 0.717) is 6.54 Å². The minimum atomic E-state index is 0.651. The Morgan fingerprint density at radius 2 is 1.94 bits per heavy atom. The number of hydrogen-bond acceptors (Lipinski definition) is 5. The lowest BCUT2D eigenvalue weighted by molar-refractivity contribution is 0.258. The van der Waals surface area contributed by atoms with Crippen molar-refractivity contribution in [1.82, 2.24) is 20.2 Å². The molecule has 1 N–H and O–H groups in total. The molecule has 5 nitrogen and oxygen atoms in total. The van der Waals surface area contributed by atoms with Gasteiger partial charge in [0.25, 0.3) is 0 Å². The van der Waals surface area contributed by atoms with Crippen molar-refractivity contribution in [1.29, 1.82) is 0 Å². The van der Waals surface area contributed by atoms with Gasteiger partial charge in [0.1, 0.15) is 0 Å². The summed E-state index contributed by atoms with van der Waals surface area (Å²) in [5.41, 5.74) is 0. The van der Waals surface area contributed by atoms with E-state index in [-0.39, 0.29) is 0 Å². The number of rotatable bonds is 5. The fourth-order valence-corrected chi connectivity index (χ4v) is 2.02. The van der Waals surface area contributed by atoms with Gasteiger partial charge >= 0.3 is 0 Å². The number of nitrogens with one attached hydrogen (secondary N) is 1. The van der Waals surface area contributed by atoms with E-state index < -0.39 is 0 Å². The van der Waals surface area contributed by atoms with E-state index in [1.54, 1.807) is 12.4 Å². The Morgan fingerprint density at radius 1 is 1.22 bits per heavy atom. The minimum Gasteiger partial charge on any atom is -0.338 e. The second kappa shape index (κ2) is 6.94. The van der Waals surface area contributed by atoms with Crippen LogP contribution < -0.4 is 10.2 Å². The highest BCUT2D eigenvalue weighted by Crippen LogP contribution is 2.08. The van der Waals surface area contributed by atoms with Gasteiger partial charge < -0.3 is 10.2 Å². The average Bonchev–Trinajstić information content (AvgIpc) is 2.45. The fraction of sp³-hybridized carbons (Fsp3) is 0.538. The van der Waals surface area contributed by atoms with Crippen LogP contribution in [0, 0.1) is 12.3 Å². The van der Waals surface area contributed by atoms with E-state index in [9.17, 15) is 0 Å². The maximum Gasteiger partial charge on any atom is 0.225 e. The first kappa shape index (κ1) is 12.8. The highest BCUT2D eigenvalue weighted by Gasteiger charge is 2.17. The topological polar surface area (TPSA) is 44.3 Å². The summed E-state index contributed by atoms with van der Waals surface area (Å²) in [5.74, 6) is 3.42. The van der Waals surface area contributed by atoms with E-state index in [4.69, 9.17) is 6.42 Å². The number of hydrogen-bond donors (Lipinski definition) is 1. The predicted octanol–water partition coefficient (Wildman–Crippen LogP) is -0.179. The van der Waals surface area contributed by atoms with Crippen molar-refractivity contribution in [3.8, 4) is 12.3 Å². The minimum absolute atomic E-state index is 0.651. The molecule has 5 heteroatoms. The second-order valence-electron chi connectivity index (χ2n) is 4.26. The van der Waals surface area contributed by atoms with Crippen molar-refractivity contribution in [2.75, 3.05) is 50.7 Å². The summed E-state index contributed by atoms with van der Waals surface area (Å²) in [6.07, 6.45) is 8.76. The third-order valence-corrected chi connectivity index (χ3v) is 3.04. The van der Waals surface area contributed by atoms with Gasteiger partial charge in [-0.3, -0.25) is 4.90 Å². The van der Waals surface area contributed by atoms with Crippen LogP contribution in [0.4, 0.5) is 5.95 Å². The molecule has 1 aromatic rings. The van der Waals surface area contributed by atoms with Gasteiger partial charge in [-0.2, -0.15) is 0 Å². The largest absolute Gasteiger partial charge is 0.338 e. The Hall–Kier alpha value is -1.64. The molecule has 0 amide bonds. The summed E-state index contributed by atoms with van der Waals surface area (Å²) in [7, 11) is 0. The van der Waals surface area contributed by atoms with Crippen LogP contribution in [-0.4, -0.2) is 60.7 Å². The SMILES string of the molecule is C#CCNCCN1CCN(c2ncccn2)CC1. The van der Waals surface area contributed by atoms with E-state index in [2.05, 4.69) is 31.0 Å². The molecule has 0 aromatic carbocycles. The molecule has 1 aliphatic rings. The molecule has 0 aliphatic carbocycles. The Bertz CT molecular complexity index is 378. The number of terminal acetylenes is 1. The summed E-state index contributed by atoms with van der Waals surface area (Å²) in [6.45, 7) is 6.72. The summed E-state index contributed by atoms with van der Waals surface area (Å²) < 4.78 is 0. The van der Waals surface area contributed by atoms with Gasteiger partial charge in [0.2, 0.25) is 5.95 Å². The van der Waals surface area contributed by atoms with E-state index in [0.717, 1.165) is 45.2 Å². The monoisotopic (exact) mass is 245 g/mol. The van der Waals surface area contributed by atoms with E-state index in [1.165, 1.54) is 0 Å². The van der Waals surface area contributed by atoms with Crippen LogP contribution in [0.25, 0.3) is 0 Å². The maximum absolute atomic E-state index is 5.18. The number of anilines is 1. The fourth-order valence-electron chi connectivity index (χ4n) is 2.02. The molecule has 0 spiro atoms. The van der Waals surface area contributed by atoms with Crippen LogP contribution in [-0.2, 0) is 0 Å². The van der Waals surface area contributed by atoms with E-state index in [1.807, 2.05) is 6.07 Å². The molecule has 0 unspecified atom stereocenters. The normalized spacial score (nSPS) is 16.5. The second-order valence-corrected chi connectivity index (χ2v) is 4.26. The van der Waals surface area contributed by atoms with Gasteiger partial charge in [-0.15, -0.1) is 6.42 Å². The predicted molar refractivity (Wildman–Crippen MR) is 72.4 cm³/mol. The van der Waals surface area contributed by atoms with Crippen LogP contribution >= 0.6 is 0 Å². The van der Waals surface area contributed by atoms with Crippen molar-refractivity contribution in [3.05, 3.63) is 18.5 Å². The molecule has 0 radical (unpaired) electrons. The summed E-state index contributed by atoms with van der Waals surface area (Å²) in [6, 6.07) is 1.84. The first-order valence-electron chi connectivity index (χ1n) is 6.28. The van der Waals surface area contributed by atoms with Crippen molar-refractivity contribution >= 4 is 5.95 Å². The lowest BCUT2D eigenvalue weighted by Gasteiger charge is -2.34. The number of aromatic nitrogens is 2. The Kier molecular flexibility index (Phi) is 4.94. The molecule has 1 fully saturated rings. The Balaban J connectivity index is 1.70. The van der Waals surface area contributed by atoms with Gasteiger partial charge in [0.15, 0.2) is 0 Å². The quantitative estimate of drug-likeness (QED) is 0.576. The van der Waals surface area contributed by atoms with Crippen LogP contribution in [0.3, 0.4) is 0 Å². The van der Waals surface area contributed by atoms with Crippen LogP contribution in [0.2, 0.25) is 0 Å². The third kappa shape index (κ3) is 3.69. The summed E-state index contributed by atoms with van der Waals surface area (Å²) in [4.78, 5) is 13.2. The van der Waals surface area contributed by atoms with Gasteiger partial charge in [-0.25, -0.2) is 9.97 Å². The maximum atomic E-state index is 5.18. The van der Waals surface area contributed by atoms with Crippen LogP contribution in [0.5, 0.6) is 0 Å². The van der Waals surface area contributed by atoms with E-state index >= 15 is 0 Å². The molecular weight excluding hydrogens is 226 g/mol. The van der Waals surface area contributed by atoms with Gasteiger partial charge in [0.05, 0.1) is 6.54 Å². The molecule has 1 aliphatic heterocycles. The zero-order chi connectivity index (χ0) is 12.6. The molecular formula is C13H19N5.